The Morgan fingerprint density at radius 2 is 2.10 bits per heavy atom. The first-order chi connectivity index (χ1) is 10.0. The summed E-state index contributed by atoms with van der Waals surface area (Å²) in [6.07, 6.45) is 1.60. The molecule has 0 saturated heterocycles. The molecule has 0 aliphatic rings. The third-order valence-electron chi connectivity index (χ3n) is 3.50. The van der Waals surface area contributed by atoms with Gasteiger partial charge in [-0.05, 0) is 25.0 Å². The molecule has 5 heteroatoms. The fourth-order valence-electron chi connectivity index (χ4n) is 2.26. The van der Waals surface area contributed by atoms with Gasteiger partial charge in [-0.3, -0.25) is 4.68 Å². The summed E-state index contributed by atoms with van der Waals surface area (Å²) in [6.45, 7) is 4.19. The van der Waals surface area contributed by atoms with Crippen molar-refractivity contribution < 1.29 is 0 Å². The van der Waals surface area contributed by atoms with E-state index in [1.165, 1.54) is 10.5 Å². The van der Waals surface area contributed by atoms with Crippen molar-refractivity contribution in [1.29, 1.82) is 0 Å². The molecule has 0 spiro atoms. The average molecular weight is 324 g/mol. The molecule has 0 radical (unpaired) electrons. The fourth-order valence-corrected chi connectivity index (χ4v) is 3.62. The largest absolute Gasteiger partial charge is 0.327 e. The number of benzene rings is 1. The topological polar surface area (TPSA) is 43.8 Å². The Kier molecular flexibility index (Phi) is 5.73. The van der Waals surface area contributed by atoms with Crippen LogP contribution in [0.15, 0.2) is 29.2 Å². The molecule has 114 valence electrons. The highest BCUT2D eigenvalue weighted by Gasteiger charge is 2.16. The zero-order valence-corrected chi connectivity index (χ0v) is 14.3. The number of aryl methyl sites for hydroxylation is 3. The van der Waals surface area contributed by atoms with Crippen LogP contribution < -0.4 is 5.73 Å². The monoisotopic (exact) mass is 323 g/mol. The minimum absolute atomic E-state index is 0.0622. The Labute approximate surface area is 135 Å². The van der Waals surface area contributed by atoms with Crippen molar-refractivity contribution in [2.24, 2.45) is 12.8 Å². The molecule has 1 aromatic heterocycles. The molecule has 21 heavy (non-hydrogen) atoms. The number of aromatic nitrogens is 2. The lowest BCUT2D eigenvalue weighted by Crippen LogP contribution is -2.26. The van der Waals surface area contributed by atoms with Gasteiger partial charge in [0.1, 0.15) is 0 Å². The third kappa shape index (κ3) is 4.02. The summed E-state index contributed by atoms with van der Waals surface area (Å²) < 4.78 is 1.86. The van der Waals surface area contributed by atoms with Gasteiger partial charge < -0.3 is 5.73 Å². The van der Waals surface area contributed by atoms with E-state index in [1.807, 2.05) is 11.7 Å². The molecule has 2 rings (SSSR count). The van der Waals surface area contributed by atoms with Crippen LogP contribution in [0.25, 0.3) is 0 Å². The van der Waals surface area contributed by atoms with Gasteiger partial charge >= 0.3 is 0 Å². The minimum atomic E-state index is 0.0622. The summed E-state index contributed by atoms with van der Waals surface area (Å²) in [7, 11) is 1.93. The highest BCUT2D eigenvalue weighted by molar-refractivity contribution is 7.99. The molecule has 0 saturated carbocycles. The van der Waals surface area contributed by atoms with Gasteiger partial charge in [0, 0.05) is 30.2 Å². The molecule has 0 aliphatic carbocycles. The normalized spacial score (nSPS) is 12.6. The Bertz CT molecular complexity index is 610. The van der Waals surface area contributed by atoms with E-state index in [-0.39, 0.29) is 6.04 Å². The van der Waals surface area contributed by atoms with Crippen molar-refractivity contribution in [3.63, 3.8) is 0 Å². The van der Waals surface area contributed by atoms with Crippen LogP contribution in [0, 0.1) is 6.92 Å². The van der Waals surface area contributed by atoms with Gasteiger partial charge in [-0.15, -0.1) is 11.8 Å². The Morgan fingerprint density at radius 3 is 2.71 bits per heavy atom. The number of rotatable bonds is 6. The third-order valence-corrected chi connectivity index (χ3v) is 5.31. The van der Waals surface area contributed by atoms with Crippen molar-refractivity contribution >= 4 is 23.4 Å². The summed E-state index contributed by atoms with van der Waals surface area (Å²) in [5.74, 6) is 0.869. The van der Waals surface area contributed by atoms with Crippen LogP contribution in [0.5, 0.6) is 0 Å². The summed E-state index contributed by atoms with van der Waals surface area (Å²) >= 11 is 8.17. The first kappa shape index (κ1) is 16.4. The van der Waals surface area contributed by atoms with E-state index in [9.17, 15) is 0 Å². The molecule has 1 unspecified atom stereocenters. The van der Waals surface area contributed by atoms with Crippen molar-refractivity contribution in [2.45, 2.75) is 37.6 Å². The standard InChI is InChI=1S/C16H22ClN3S/c1-4-13-16(17)14(20(3)19-13)9-12(18)10-21-15-8-6-5-7-11(15)2/h5-8,12H,4,9-10,18H2,1-3H3. The fraction of sp³-hybridized carbons (Fsp3) is 0.438. The second-order valence-electron chi connectivity index (χ2n) is 5.23. The number of hydrogen-bond donors (Lipinski definition) is 1. The van der Waals surface area contributed by atoms with E-state index in [4.69, 9.17) is 17.3 Å². The van der Waals surface area contributed by atoms with E-state index in [2.05, 4.69) is 43.2 Å². The van der Waals surface area contributed by atoms with E-state index >= 15 is 0 Å². The molecule has 1 atom stereocenters. The van der Waals surface area contributed by atoms with Gasteiger partial charge in [-0.25, -0.2) is 0 Å². The quantitative estimate of drug-likeness (QED) is 0.826. The van der Waals surface area contributed by atoms with Crippen molar-refractivity contribution in [2.75, 3.05) is 5.75 Å². The average Bonchev–Trinajstić information content (AvgIpc) is 2.74. The van der Waals surface area contributed by atoms with Crippen LogP contribution in [-0.4, -0.2) is 21.6 Å². The summed E-state index contributed by atoms with van der Waals surface area (Å²) in [5, 5.41) is 5.21. The lowest BCUT2D eigenvalue weighted by atomic mass is 10.2. The van der Waals surface area contributed by atoms with Crippen LogP contribution in [0.2, 0.25) is 5.02 Å². The van der Waals surface area contributed by atoms with E-state index in [0.717, 1.165) is 35.0 Å². The Hall–Kier alpha value is -0.970. The number of halogens is 1. The first-order valence-corrected chi connectivity index (χ1v) is 8.53. The molecule has 1 heterocycles. The molecule has 2 N–H and O–H groups in total. The van der Waals surface area contributed by atoms with Gasteiger partial charge in [0.25, 0.3) is 0 Å². The minimum Gasteiger partial charge on any atom is -0.327 e. The maximum Gasteiger partial charge on any atom is 0.0850 e. The predicted molar refractivity (Wildman–Crippen MR) is 91.2 cm³/mol. The molecular weight excluding hydrogens is 302 g/mol. The molecule has 1 aromatic carbocycles. The highest BCUT2D eigenvalue weighted by Crippen LogP contribution is 2.25. The van der Waals surface area contributed by atoms with Gasteiger partial charge in [0.2, 0.25) is 0 Å². The van der Waals surface area contributed by atoms with Crippen LogP contribution in [-0.2, 0) is 19.9 Å². The molecule has 3 nitrogen and oxygen atoms in total. The molecule has 2 aromatic rings. The maximum absolute atomic E-state index is 6.37. The van der Waals surface area contributed by atoms with Gasteiger partial charge in [-0.2, -0.15) is 5.10 Å². The number of nitrogens with two attached hydrogens (primary N) is 1. The molecule has 0 aliphatic heterocycles. The van der Waals surface area contributed by atoms with Gasteiger partial charge in [0.15, 0.2) is 0 Å². The first-order valence-electron chi connectivity index (χ1n) is 7.17. The van der Waals surface area contributed by atoms with E-state index in [1.54, 1.807) is 11.8 Å². The SMILES string of the molecule is CCc1nn(C)c(CC(N)CSc2ccccc2C)c1Cl. The van der Waals surface area contributed by atoms with Crippen molar-refractivity contribution in [3.8, 4) is 0 Å². The summed E-state index contributed by atoms with van der Waals surface area (Å²) in [5.41, 5.74) is 9.55. The van der Waals surface area contributed by atoms with E-state index in [0.29, 0.717) is 0 Å². The Morgan fingerprint density at radius 1 is 1.38 bits per heavy atom. The molecular formula is C16H22ClN3S. The zero-order valence-electron chi connectivity index (χ0n) is 12.8. The van der Waals surface area contributed by atoms with Crippen LogP contribution in [0.4, 0.5) is 0 Å². The van der Waals surface area contributed by atoms with Gasteiger partial charge in [0.05, 0.1) is 16.4 Å². The predicted octanol–water partition coefficient (Wildman–Crippen LogP) is 3.61. The number of thioether (sulfide) groups is 1. The smallest absolute Gasteiger partial charge is 0.0850 e. The molecule has 0 fully saturated rings. The van der Waals surface area contributed by atoms with Crippen LogP contribution in [0.1, 0.15) is 23.9 Å². The van der Waals surface area contributed by atoms with Crippen LogP contribution in [0.3, 0.4) is 0 Å². The van der Waals surface area contributed by atoms with Crippen molar-refractivity contribution in [1.82, 2.24) is 9.78 Å². The van der Waals surface area contributed by atoms with Gasteiger partial charge in [-0.1, -0.05) is 36.7 Å². The van der Waals surface area contributed by atoms with Crippen LogP contribution >= 0.6 is 23.4 Å². The maximum atomic E-state index is 6.37. The second-order valence-corrected chi connectivity index (χ2v) is 6.67. The van der Waals surface area contributed by atoms with Crippen molar-refractivity contribution in [3.05, 3.63) is 46.2 Å². The lowest BCUT2D eigenvalue weighted by molar-refractivity contribution is 0.650. The zero-order chi connectivity index (χ0) is 15.4. The lowest BCUT2D eigenvalue weighted by Gasteiger charge is -2.13. The summed E-state index contributed by atoms with van der Waals surface area (Å²) in [4.78, 5) is 1.29. The Balaban J connectivity index is 1.98. The highest BCUT2D eigenvalue weighted by atomic mass is 35.5. The second kappa shape index (κ2) is 7.34. The molecule has 0 bridgehead atoms. The number of nitrogens with zero attached hydrogens (tertiary/aromatic N) is 2. The van der Waals surface area contributed by atoms with E-state index < -0.39 is 0 Å². The molecule has 0 amide bonds. The number of hydrogen-bond acceptors (Lipinski definition) is 3. The summed E-state index contributed by atoms with van der Waals surface area (Å²) in [6, 6.07) is 8.44.